The molecule has 0 aromatic heterocycles. The number of rotatable bonds is 4. The molecule has 0 atom stereocenters. The van der Waals surface area contributed by atoms with E-state index in [9.17, 15) is 9.18 Å². The predicted octanol–water partition coefficient (Wildman–Crippen LogP) is 4.42. The van der Waals surface area contributed by atoms with E-state index >= 15 is 0 Å². The standard InChI is InChI=1S/C14H18ClFO/c1-14(2,3)13(17)6-4-5-10-7-8-11(15)9-12(10)16/h7-9H,4-6H2,1-3H3. The Morgan fingerprint density at radius 3 is 2.53 bits per heavy atom. The van der Waals surface area contributed by atoms with Crippen LogP contribution in [-0.4, -0.2) is 5.78 Å². The first kappa shape index (κ1) is 14.2. The summed E-state index contributed by atoms with van der Waals surface area (Å²) in [6.07, 6.45) is 1.74. The minimum Gasteiger partial charge on any atom is -0.299 e. The fourth-order valence-corrected chi connectivity index (χ4v) is 1.70. The van der Waals surface area contributed by atoms with Crippen LogP contribution in [-0.2, 0) is 11.2 Å². The summed E-state index contributed by atoms with van der Waals surface area (Å²) in [4.78, 5) is 11.7. The van der Waals surface area contributed by atoms with Gasteiger partial charge in [0.2, 0.25) is 0 Å². The molecular weight excluding hydrogens is 239 g/mol. The van der Waals surface area contributed by atoms with Gasteiger partial charge in [0, 0.05) is 16.9 Å². The lowest BCUT2D eigenvalue weighted by Crippen LogP contribution is -2.19. The van der Waals surface area contributed by atoms with Crippen LogP contribution < -0.4 is 0 Å². The van der Waals surface area contributed by atoms with E-state index in [2.05, 4.69) is 0 Å². The molecule has 0 aliphatic rings. The highest BCUT2D eigenvalue weighted by atomic mass is 35.5. The molecule has 0 amide bonds. The van der Waals surface area contributed by atoms with Gasteiger partial charge in [0.15, 0.2) is 0 Å². The SMILES string of the molecule is CC(C)(C)C(=O)CCCc1ccc(Cl)cc1F. The smallest absolute Gasteiger partial charge is 0.138 e. The third-order valence-electron chi connectivity index (χ3n) is 2.70. The fourth-order valence-electron chi connectivity index (χ4n) is 1.54. The van der Waals surface area contributed by atoms with Crippen LogP contribution in [0.1, 0.15) is 39.2 Å². The van der Waals surface area contributed by atoms with Gasteiger partial charge in [-0.2, -0.15) is 0 Å². The first-order valence-electron chi connectivity index (χ1n) is 5.78. The van der Waals surface area contributed by atoms with Crippen molar-refractivity contribution in [2.75, 3.05) is 0 Å². The van der Waals surface area contributed by atoms with E-state index in [4.69, 9.17) is 11.6 Å². The molecule has 0 fully saturated rings. The summed E-state index contributed by atoms with van der Waals surface area (Å²) in [5.41, 5.74) is 0.314. The number of Topliss-reactive ketones (excluding diaryl/α,β-unsaturated/α-hetero) is 1. The van der Waals surface area contributed by atoms with E-state index in [1.165, 1.54) is 6.07 Å². The molecule has 1 aromatic rings. The van der Waals surface area contributed by atoms with E-state index in [1.807, 2.05) is 20.8 Å². The molecule has 0 spiro atoms. The second-order valence-corrected chi connectivity index (χ2v) is 5.70. The average Bonchev–Trinajstić information content (AvgIpc) is 2.19. The Bertz CT molecular complexity index is 407. The van der Waals surface area contributed by atoms with Gasteiger partial charge in [0.05, 0.1) is 0 Å². The molecule has 0 N–H and O–H groups in total. The van der Waals surface area contributed by atoms with Crippen molar-refractivity contribution < 1.29 is 9.18 Å². The third-order valence-corrected chi connectivity index (χ3v) is 2.94. The number of carbonyl (C=O) groups excluding carboxylic acids is 1. The van der Waals surface area contributed by atoms with Gasteiger partial charge < -0.3 is 0 Å². The Morgan fingerprint density at radius 1 is 1.35 bits per heavy atom. The second-order valence-electron chi connectivity index (χ2n) is 5.26. The lowest BCUT2D eigenvalue weighted by molar-refractivity contribution is -0.126. The molecule has 0 aliphatic carbocycles. The summed E-state index contributed by atoms with van der Waals surface area (Å²) in [5.74, 6) is -0.0763. The molecule has 1 nitrogen and oxygen atoms in total. The van der Waals surface area contributed by atoms with Crippen LogP contribution in [0, 0.1) is 11.2 Å². The summed E-state index contributed by atoms with van der Waals surface area (Å²) in [6.45, 7) is 5.70. The van der Waals surface area contributed by atoms with Crippen LogP contribution in [0.25, 0.3) is 0 Å². The van der Waals surface area contributed by atoms with Gasteiger partial charge in [-0.15, -0.1) is 0 Å². The molecule has 1 aromatic carbocycles. The fraction of sp³-hybridized carbons (Fsp3) is 0.500. The second kappa shape index (κ2) is 5.63. The third kappa shape index (κ3) is 4.47. The van der Waals surface area contributed by atoms with Crippen LogP contribution in [0.4, 0.5) is 4.39 Å². The van der Waals surface area contributed by atoms with Crippen LogP contribution in [0.5, 0.6) is 0 Å². The summed E-state index contributed by atoms with van der Waals surface area (Å²) >= 11 is 5.67. The zero-order chi connectivity index (χ0) is 13.1. The maximum Gasteiger partial charge on any atom is 0.138 e. The Kier molecular flexibility index (Phi) is 4.70. The summed E-state index contributed by atoms with van der Waals surface area (Å²) in [5, 5.41) is 0.400. The first-order valence-corrected chi connectivity index (χ1v) is 6.16. The average molecular weight is 257 g/mol. The van der Waals surface area contributed by atoms with E-state index in [0.29, 0.717) is 29.8 Å². The van der Waals surface area contributed by atoms with Crippen LogP contribution >= 0.6 is 11.6 Å². The molecule has 0 bridgehead atoms. The van der Waals surface area contributed by atoms with Crippen molar-refractivity contribution in [3.05, 3.63) is 34.6 Å². The van der Waals surface area contributed by atoms with Gasteiger partial charge in [-0.05, 0) is 30.5 Å². The number of halogens is 2. The highest BCUT2D eigenvalue weighted by Gasteiger charge is 2.20. The minimum absolute atomic E-state index is 0.215. The van der Waals surface area contributed by atoms with Crippen LogP contribution in [0.3, 0.4) is 0 Å². The monoisotopic (exact) mass is 256 g/mol. The maximum absolute atomic E-state index is 13.4. The molecule has 3 heteroatoms. The number of aryl methyl sites for hydroxylation is 1. The van der Waals surface area contributed by atoms with Gasteiger partial charge in [0.1, 0.15) is 11.6 Å². The number of benzene rings is 1. The van der Waals surface area contributed by atoms with Gasteiger partial charge in [0.25, 0.3) is 0 Å². The molecule has 0 saturated heterocycles. The van der Waals surface area contributed by atoms with Gasteiger partial charge in [-0.3, -0.25) is 4.79 Å². The lowest BCUT2D eigenvalue weighted by atomic mass is 9.87. The zero-order valence-corrected chi connectivity index (χ0v) is 11.3. The Morgan fingerprint density at radius 2 is 2.00 bits per heavy atom. The Balaban J connectivity index is 2.49. The summed E-state index contributed by atoms with van der Waals surface area (Å²) in [7, 11) is 0. The first-order chi connectivity index (χ1) is 7.80. The van der Waals surface area contributed by atoms with Gasteiger partial charge in [-0.1, -0.05) is 38.4 Å². The van der Waals surface area contributed by atoms with Crippen molar-refractivity contribution in [1.82, 2.24) is 0 Å². The zero-order valence-electron chi connectivity index (χ0n) is 10.5. The molecule has 1 rings (SSSR count). The van der Waals surface area contributed by atoms with E-state index in [0.717, 1.165) is 0 Å². The van der Waals surface area contributed by atoms with Crippen molar-refractivity contribution in [3.8, 4) is 0 Å². The number of carbonyl (C=O) groups is 1. The van der Waals surface area contributed by atoms with E-state index < -0.39 is 0 Å². The maximum atomic E-state index is 13.4. The molecule has 94 valence electrons. The number of hydrogen-bond acceptors (Lipinski definition) is 1. The van der Waals surface area contributed by atoms with Crippen molar-refractivity contribution in [1.29, 1.82) is 0 Å². The Hall–Kier alpha value is -0.890. The topological polar surface area (TPSA) is 17.1 Å². The van der Waals surface area contributed by atoms with E-state index in [1.54, 1.807) is 12.1 Å². The largest absolute Gasteiger partial charge is 0.299 e. The molecule has 0 unspecified atom stereocenters. The molecule has 0 aliphatic heterocycles. The minimum atomic E-state index is -0.307. The van der Waals surface area contributed by atoms with Crippen molar-refractivity contribution >= 4 is 17.4 Å². The molecular formula is C14H18ClFO. The van der Waals surface area contributed by atoms with Crippen molar-refractivity contribution in [2.45, 2.75) is 40.0 Å². The van der Waals surface area contributed by atoms with Crippen molar-refractivity contribution in [2.24, 2.45) is 5.41 Å². The summed E-state index contributed by atoms with van der Waals surface area (Å²) in [6, 6.07) is 4.66. The lowest BCUT2D eigenvalue weighted by Gasteiger charge is -2.16. The predicted molar refractivity (Wildman–Crippen MR) is 68.8 cm³/mol. The highest BCUT2D eigenvalue weighted by molar-refractivity contribution is 6.30. The molecule has 0 radical (unpaired) electrons. The summed E-state index contributed by atoms with van der Waals surface area (Å²) < 4.78 is 13.4. The Labute approximate surface area is 107 Å². The van der Waals surface area contributed by atoms with Gasteiger partial charge >= 0.3 is 0 Å². The van der Waals surface area contributed by atoms with Crippen LogP contribution in [0.2, 0.25) is 5.02 Å². The number of hydrogen-bond donors (Lipinski definition) is 0. The molecule has 0 saturated carbocycles. The van der Waals surface area contributed by atoms with Crippen LogP contribution in [0.15, 0.2) is 18.2 Å². The van der Waals surface area contributed by atoms with E-state index in [-0.39, 0.29) is 17.0 Å². The quantitative estimate of drug-likeness (QED) is 0.780. The molecule has 17 heavy (non-hydrogen) atoms. The van der Waals surface area contributed by atoms with Gasteiger partial charge in [-0.25, -0.2) is 4.39 Å². The normalized spacial score (nSPS) is 11.6. The van der Waals surface area contributed by atoms with Crippen molar-refractivity contribution in [3.63, 3.8) is 0 Å². The number of ketones is 1. The molecule has 0 heterocycles. The highest BCUT2D eigenvalue weighted by Crippen LogP contribution is 2.20.